The van der Waals surface area contributed by atoms with Gasteiger partial charge in [0.1, 0.15) is 0 Å². The molecule has 0 radical (unpaired) electrons. The van der Waals surface area contributed by atoms with E-state index in [4.69, 9.17) is 4.74 Å². The average Bonchev–Trinajstić information content (AvgIpc) is 2.40. The van der Waals surface area contributed by atoms with Crippen LogP contribution in [0.4, 0.5) is 0 Å². The van der Waals surface area contributed by atoms with Crippen LogP contribution in [0, 0.1) is 0 Å². The van der Waals surface area contributed by atoms with Crippen molar-refractivity contribution in [1.82, 2.24) is 15.5 Å². The number of hydrogen-bond acceptors (Lipinski definition) is 4. The van der Waals surface area contributed by atoms with Gasteiger partial charge in [0.05, 0.1) is 13.2 Å². The topological polar surface area (TPSA) is 53.6 Å². The lowest BCUT2D eigenvalue weighted by Gasteiger charge is -2.30. The Kier molecular flexibility index (Phi) is 6.07. The summed E-state index contributed by atoms with van der Waals surface area (Å²) in [6.45, 7) is 7.64. The van der Waals surface area contributed by atoms with Crippen molar-refractivity contribution >= 4 is 5.91 Å². The fourth-order valence-electron chi connectivity index (χ4n) is 2.87. The zero-order valence-corrected chi connectivity index (χ0v) is 12.0. The van der Waals surface area contributed by atoms with Crippen LogP contribution in [0.5, 0.6) is 0 Å². The van der Waals surface area contributed by atoms with Crippen molar-refractivity contribution in [2.24, 2.45) is 0 Å². The Hall–Kier alpha value is -0.650. The van der Waals surface area contributed by atoms with E-state index in [-0.39, 0.29) is 11.9 Å². The molecule has 19 heavy (non-hydrogen) atoms. The lowest BCUT2D eigenvalue weighted by Crippen LogP contribution is -2.47. The molecule has 2 saturated heterocycles. The summed E-state index contributed by atoms with van der Waals surface area (Å²) in [6, 6.07) is 0.596. The third-order valence-electron chi connectivity index (χ3n) is 3.89. The van der Waals surface area contributed by atoms with Crippen molar-refractivity contribution < 1.29 is 9.53 Å². The van der Waals surface area contributed by atoms with Gasteiger partial charge in [-0.15, -0.1) is 0 Å². The Balaban J connectivity index is 1.63. The Labute approximate surface area is 116 Å². The molecule has 2 aliphatic heterocycles. The van der Waals surface area contributed by atoms with E-state index in [9.17, 15) is 4.79 Å². The number of ether oxygens (including phenoxy) is 1. The van der Waals surface area contributed by atoms with Gasteiger partial charge in [-0.1, -0.05) is 6.42 Å². The number of morpholine rings is 1. The number of piperidine rings is 1. The smallest absolute Gasteiger partial charge is 0.221 e. The first-order chi connectivity index (χ1) is 9.24. The van der Waals surface area contributed by atoms with Crippen molar-refractivity contribution in [2.75, 3.05) is 39.4 Å². The van der Waals surface area contributed by atoms with Gasteiger partial charge in [-0.05, 0) is 26.3 Å². The Bertz CT molecular complexity index is 274. The Morgan fingerprint density at radius 3 is 2.89 bits per heavy atom. The highest BCUT2D eigenvalue weighted by Gasteiger charge is 2.19. The van der Waals surface area contributed by atoms with Crippen LogP contribution in [0.25, 0.3) is 0 Å². The highest BCUT2D eigenvalue weighted by Crippen LogP contribution is 2.10. The molecule has 1 amide bonds. The summed E-state index contributed by atoms with van der Waals surface area (Å²) >= 11 is 0. The van der Waals surface area contributed by atoms with Gasteiger partial charge in [0.15, 0.2) is 0 Å². The predicted molar refractivity (Wildman–Crippen MR) is 75.1 cm³/mol. The molecule has 2 fully saturated rings. The number of hydrogen-bond donors (Lipinski definition) is 2. The molecular weight excluding hydrogens is 242 g/mol. The number of amides is 1. The zero-order valence-electron chi connectivity index (χ0n) is 12.0. The fraction of sp³-hybridized carbons (Fsp3) is 0.929. The molecule has 2 N–H and O–H groups in total. The van der Waals surface area contributed by atoms with Gasteiger partial charge in [-0.3, -0.25) is 9.69 Å². The maximum absolute atomic E-state index is 12.0. The fourth-order valence-corrected chi connectivity index (χ4v) is 2.87. The molecule has 2 rings (SSSR count). The molecule has 2 heterocycles. The van der Waals surface area contributed by atoms with Gasteiger partial charge < -0.3 is 15.4 Å². The molecule has 0 aliphatic carbocycles. The molecule has 0 aromatic carbocycles. The highest BCUT2D eigenvalue weighted by atomic mass is 16.5. The SMILES string of the molecule is CC(CN1CCOCC1)NC(=O)CC1CCCCN1. The number of carbonyl (C=O) groups is 1. The minimum atomic E-state index is 0.181. The summed E-state index contributed by atoms with van der Waals surface area (Å²) in [5, 5.41) is 6.53. The molecule has 0 aromatic heterocycles. The lowest BCUT2D eigenvalue weighted by atomic mass is 10.0. The van der Waals surface area contributed by atoms with Crippen molar-refractivity contribution in [3.8, 4) is 0 Å². The second-order valence-electron chi connectivity index (χ2n) is 5.73. The molecule has 5 nitrogen and oxygen atoms in total. The van der Waals surface area contributed by atoms with Crippen LogP contribution < -0.4 is 10.6 Å². The molecule has 0 spiro atoms. The van der Waals surface area contributed by atoms with Crippen LogP contribution in [0.1, 0.15) is 32.6 Å². The molecule has 2 aliphatic rings. The summed E-state index contributed by atoms with van der Waals surface area (Å²) in [5.74, 6) is 0.181. The second kappa shape index (κ2) is 7.82. The first kappa shape index (κ1) is 14.8. The first-order valence-corrected chi connectivity index (χ1v) is 7.57. The number of nitrogens with zero attached hydrogens (tertiary/aromatic N) is 1. The normalized spacial score (nSPS) is 26.9. The standard InChI is InChI=1S/C14H27N3O2/c1-12(11-17-6-8-19-9-7-17)16-14(18)10-13-4-2-3-5-15-13/h12-13,15H,2-11H2,1H3,(H,16,18). The van der Waals surface area contributed by atoms with E-state index >= 15 is 0 Å². The van der Waals surface area contributed by atoms with Gasteiger partial charge in [0, 0.05) is 38.1 Å². The van der Waals surface area contributed by atoms with Gasteiger partial charge in [-0.2, -0.15) is 0 Å². The van der Waals surface area contributed by atoms with Crippen molar-refractivity contribution in [1.29, 1.82) is 0 Å². The van der Waals surface area contributed by atoms with Crippen LogP contribution >= 0.6 is 0 Å². The number of nitrogens with one attached hydrogen (secondary N) is 2. The zero-order chi connectivity index (χ0) is 13.5. The monoisotopic (exact) mass is 269 g/mol. The van der Waals surface area contributed by atoms with E-state index in [1.165, 1.54) is 12.8 Å². The lowest BCUT2D eigenvalue weighted by molar-refractivity contribution is -0.122. The maximum Gasteiger partial charge on any atom is 0.221 e. The summed E-state index contributed by atoms with van der Waals surface area (Å²) in [6.07, 6.45) is 4.23. The van der Waals surface area contributed by atoms with E-state index in [0.717, 1.165) is 45.8 Å². The molecule has 2 atom stereocenters. The maximum atomic E-state index is 12.0. The number of carbonyl (C=O) groups excluding carboxylic acids is 1. The van der Waals surface area contributed by atoms with Crippen LogP contribution in [-0.4, -0.2) is 62.3 Å². The minimum absolute atomic E-state index is 0.181. The molecule has 0 saturated carbocycles. The van der Waals surface area contributed by atoms with Crippen LogP contribution in [0.2, 0.25) is 0 Å². The highest BCUT2D eigenvalue weighted by molar-refractivity contribution is 5.76. The third kappa shape index (κ3) is 5.47. The Morgan fingerprint density at radius 2 is 2.21 bits per heavy atom. The molecule has 5 heteroatoms. The van der Waals surface area contributed by atoms with Crippen LogP contribution in [0.15, 0.2) is 0 Å². The molecule has 0 bridgehead atoms. The van der Waals surface area contributed by atoms with E-state index in [2.05, 4.69) is 22.5 Å². The average molecular weight is 269 g/mol. The van der Waals surface area contributed by atoms with E-state index in [0.29, 0.717) is 12.5 Å². The van der Waals surface area contributed by atoms with E-state index in [1.807, 2.05) is 0 Å². The predicted octanol–water partition coefficient (Wildman–Crippen LogP) is 0.356. The number of rotatable bonds is 5. The van der Waals surface area contributed by atoms with Gasteiger partial charge in [0.2, 0.25) is 5.91 Å². The van der Waals surface area contributed by atoms with Gasteiger partial charge in [0.25, 0.3) is 0 Å². The minimum Gasteiger partial charge on any atom is -0.379 e. The van der Waals surface area contributed by atoms with Crippen molar-refractivity contribution in [3.63, 3.8) is 0 Å². The van der Waals surface area contributed by atoms with Gasteiger partial charge in [-0.25, -0.2) is 0 Å². The quantitative estimate of drug-likeness (QED) is 0.756. The molecular formula is C14H27N3O2. The first-order valence-electron chi connectivity index (χ1n) is 7.57. The summed E-state index contributed by atoms with van der Waals surface area (Å²) < 4.78 is 5.33. The van der Waals surface area contributed by atoms with Crippen molar-refractivity contribution in [2.45, 2.75) is 44.7 Å². The summed E-state index contributed by atoms with van der Waals surface area (Å²) in [5.41, 5.74) is 0. The third-order valence-corrected chi connectivity index (χ3v) is 3.89. The summed E-state index contributed by atoms with van der Waals surface area (Å²) in [7, 11) is 0. The van der Waals surface area contributed by atoms with Crippen LogP contribution in [0.3, 0.4) is 0 Å². The molecule has 0 aromatic rings. The Morgan fingerprint density at radius 1 is 1.42 bits per heavy atom. The van der Waals surface area contributed by atoms with E-state index < -0.39 is 0 Å². The van der Waals surface area contributed by atoms with Crippen LogP contribution in [-0.2, 0) is 9.53 Å². The second-order valence-corrected chi connectivity index (χ2v) is 5.73. The largest absolute Gasteiger partial charge is 0.379 e. The molecule has 110 valence electrons. The van der Waals surface area contributed by atoms with E-state index in [1.54, 1.807) is 0 Å². The molecule has 2 unspecified atom stereocenters. The summed E-state index contributed by atoms with van der Waals surface area (Å²) in [4.78, 5) is 14.3. The van der Waals surface area contributed by atoms with Crippen molar-refractivity contribution in [3.05, 3.63) is 0 Å². The van der Waals surface area contributed by atoms with Gasteiger partial charge >= 0.3 is 0 Å².